The monoisotopic (exact) mass is 270 g/mol. The second-order valence-corrected chi connectivity index (χ2v) is 7.06. The van der Waals surface area contributed by atoms with E-state index in [0.717, 1.165) is 12.8 Å². The molecule has 0 spiro atoms. The van der Waals surface area contributed by atoms with E-state index in [1.807, 2.05) is 6.26 Å². The maximum atomic E-state index is 12.4. The van der Waals surface area contributed by atoms with Crippen molar-refractivity contribution in [1.29, 1.82) is 0 Å². The van der Waals surface area contributed by atoms with Crippen LogP contribution in [-0.2, 0) is 4.79 Å². The van der Waals surface area contributed by atoms with Crippen molar-refractivity contribution in [3.63, 3.8) is 0 Å². The molecule has 2 aliphatic carbocycles. The van der Waals surface area contributed by atoms with Gasteiger partial charge in [0.15, 0.2) is 10.1 Å². The molecule has 2 rings (SSSR count). The van der Waals surface area contributed by atoms with Crippen molar-refractivity contribution < 1.29 is 4.79 Å². The molecule has 94 valence electrons. The van der Waals surface area contributed by atoms with E-state index in [1.54, 1.807) is 0 Å². The van der Waals surface area contributed by atoms with Gasteiger partial charge in [-0.2, -0.15) is 5.10 Å². The zero-order valence-electron chi connectivity index (χ0n) is 10.7. The highest BCUT2D eigenvalue weighted by Gasteiger charge is 2.65. The Morgan fingerprint density at radius 3 is 2.65 bits per heavy atom. The Bertz CT molecular complexity index is 417. The first-order chi connectivity index (χ1) is 7.84. The summed E-state index contributed by atoms with van der Waals surface area (Å²) in [6.07, 6.45) is 3.93. The van der Waals surface area contributed by atoms with Crippen molar-refractivity contribution >= 4 is 39.8 Å². The summed E-state index contributed by atoms with van der Waals surface area (Å²) in [5.41, 5.74) is 3.28. The molecule has 17 heavy (non-hydrogen) atoms. The van der Waals surface area contributed by atoms with Crippen molar-refractivity contribution in [2.45, 2.75) is 33.6 Å². The average molecular weight is 270 g/mol. The lowest BCUT2D eigenvalue weighted by atomic mass is 9.70. The number of hydrogen-bond donors (Lipinski definition) is 1. The molecular weight excluding hydrogens is 252 g/mol. The highest BCUT2D eigenvalue weighted by atomic mass is 32.2. The minimum absolute atomic E-state index is 0.0194. The summed E-state index contributed by atoms with van der Waals surface area (Å²) < 4.78 is 0.607. The molecule has 2 fully saturated rings. The lowest BCUT2D eigenvalue weighted by molar-refractivity contribution is -0.123. The van der Waals surface area contributed by atoms with Crippen LogP contribution in [0.15, 0.2) is 5.10 Å². The molecule has 0 aromatic rings. The van der Waals surface area contributed by atoms with Crippen LogP contribution in [0.2, 0.25) is 0 Å². The molecule has 1 N–H and O–H groups in total. The van der Waals surface area contributed by atoms with E-state index in [2.05, 4.69) is 31.3 Å². The van der Waals surface area contributed by atoms with Crippen molar-refractivity contribution in [3.05, 3.63) is 0 Å². The zero-order chi connectivity index (χ0) is 12.8. The summed E-state index contributed by atoms with van der Waals surface area (Å²) in [6.45, 7) is 6.43. The first-order valence-corrected chi connectivity index (χ1v) is 7.44. The third-order valence-corrected chi connectivity index (χ3v) is 5.80. The molecule has 3 nitrogen and oxygen atoms in total. The fourth-order valence-corrected chi connectivity index (χ4v) is 3.29. The number of fused-ring (bicyclic) bond motifs is 2. The molecule has 2 bridgehead atoms. The SMILES string of the molecule is CSC(=S)NN=C1C(=O)C2(C)CCC1C2(C)C. The quantitative estimate of drug-likeness (QED) is 0.587. The van der Waals surface area contributed by atoms with Gasteiger partial charge in [-0.05, 0) is 24.5 Å². The Morgan fingerprint density at radius 1 is 1.53 bits per heavy atom. The van der Waals surface area contributed by atoms with Crippen LogP contribution < -0.4 is 5.43 Å². The standard InChI is InChI=1S/C12H18N2OS2/c1-11(2)7-5-6-12(11,3)9(15)8(7)13-14-10(16)17-4/h7H,5-6H2,1-4H3,(H,14,16). The van der Waals surface area contributed by atoms with E-state index in [0.29, 0.717) is 10.0 Å². The maximum Gasteiger partial charge on any atom is 0.185 e. The fraction of sp³-hybridized carbons (Fsp3) is 0.750. The predicted molar refractivity (Wildman–Crippen MR) is 76.3 cm³/mol. The number of nitrogens with one attached hydrogen (secondary N) is 1. The van der Waals surface area contributed by atoms with Crippen LogP contribution in [0.25, 0.3) is 0 Å². The van der Waals surface area contributed by atoms with Gasteiger partial charge in [0.2, 0.25) is 0 Å². The molecule has 0 saturated heterocycles. The number of thiocarbonyl (C=S) groups is 1. The highest BCUT2D eigenvalue weighted by molar-refractivity contribution is 8.22. The van der Waals surface area contributed by atoms with Crippen molar-refractivity contribution in [3.8, 4) is 0 Å². The van der Waals surface area contributed by atoms with Crippen LogP contribution in [-0.4, -0.2) is 22.1 Å². The van der Waals surface area contributed by atoms with Gasteiger partial charge in [0.1, 0.15) is 5.71 Å². The van der Waals surface area contributed by atoms with E-state index in [1.165, 1.54) is 11.8 Å². The van der Waals surface area contributed by atoms with Crippen LogP contribution >= 0.6 is 24.0 Å². The molecule has 2 unspecified atom stereocenters. The van der Waals surface area contributed by atoms with Gasteiger partial charge in [0.25, 0.3) is 0 Å². The van der Waals surface area contributed by atoms with Crippen LogP contribution in [0.4, 0.5) is 0 Å². The Hall–Kier alpha value is -0.420. The highest BCUT2D eigenvalue weighted by Crippen LogP contribution is 2.62. The van der Waals surface area contributed by atoms with Gasteiger partial charge in [-0.1, -0.05) is 44.8 Å². The largest absolute Gasteiger partial charge is 0.292 e. The molecule has 0 amide bonds. The van der Waals surface area contributed by atoms with Crippen molar-refractivity contribution in [2.75, 3.05) is 6.26 Å². The molecule has 2 saturated carbocycles. The summed E-state index contributed by atoms with van der Waals surface area (Å²) >= 11 is 6.46. The van der Waals surface area contributed by atoms with Crippen LogP contribution in [0.1, 0.15) is 33.6 Å². The normalized spacial score (nSPS) is 36.6. The van der Waals surface area contributed by atoms with E-state index >= 15 is 0 Å². The van der Waals surface area contributed by atoms with Gasteiger partial charge in [-0.25, -0.2) is 0 Å². The Kier molecular flexibility index (Phi) is 3.11. The van der Waals surface area contributed by atoms with Gasteiger partial charge in [-0.15, -0.1) is 0 Å². The van der Waals surface area contributed by atoms with Gasteiger partial charge in [0, 0.05) is 11.3 Å². The average Bonchev–Trinajstić information content (AvgIpc) is 2.59. The summed E-state index contributed by atoms with van der Waals surface area (Å²) in [5.74, 6) is 0.479. The number of carbonyl (C=O) groups excluding carboxylic acids is 1. The van der Waals surface area contributed by atoms with Gasteiger partial charge < -0.3 is 0 Å². The summed E-state index contributed by atoms with van der Waals surface area (Å²) in [5, 5.41) is 4.25. The summed E-state index contributed by atoms with van der Waals surface area (Å²) in [7, 11) is 0. The number of hydrogen-bond acceptors (Lipinski definition) is 4. The van der Waals surface area contributed by atoms with Gasteiger partial charge in [0.05, 0.1) is 0 Å². The first-order valence-electron chi connectivity index (χ1n) is 5.81. The molecule has 2 aliphatic rings. The van der Waals surface area contributed by atoms with E-state index in [4.69, 9.17) is 12.2 Å². The number of rotatable bonds is 1. The molecule has 2 atom stereocenters. The predicted octanol–water partition coefficient (Wildman–Crippen LogP) is 2.61. The number of Topliss-reactive ketones (excluding diaryl/α,β-unsaturated/α-hetero) is 1. The van der Waals surface area contributed by atoms with E-state index in [-0.39, 0.29) is 22.5 Å². The van der Waals surface area contributed by atoms with Crippen LogP contribution in [0.5, 0.6) is 0 Å². The third kappa shape index (κ3) is 1.66. The molecule has 0 aliphatic heterocycles. The summed E-state index contributed by atoms with van der Waals surface area (Å²) in [6, 6.07) is 0. The number of carbonyl (C=O) groups is 1. The fourth-order valence-electron chi connectivity index (χ4n) is 3.11. The van der Waals surface area contributed by atoms with E-state index in [9.17, 15) is 4.79 Å². The van der Waals surface area contributed by atoms with Crippen LogP contribution in [0, 0.1) is 16.7 Å². The second kappa shape index (κ2) is 4.05. The lowest BCUT2D eigenvalue weighted by Gasteiger charge is -2.31. The van der Waals surface area contributed by atoms with Crippen LogP contribution in [0.3, 0.4) is 0 Å². The molecule has 0 aromatic carbocycles. The smallest absolute Gasteiger partial charge is 0.185 e. The topological polar surface area (TPSA) is 41.5 Å². The van der Waals surface area contributed by atoms with E-state index < -0.39 is 0 Å². The first kappa shape index (κ1) is 13.0. The molecule has 0 heterocycles. The maximum absolute atomic E-state index is 12.4. The number of ketones is 1. The Labute approximate surface area is 112 Å². The molecule has 0 aromatic heterocycles. The minimum atomic E-state index is -0.237. The molecule has 5 heteroatoms. The molecule has 0 radical (unpaired) electrons. The summed E-state index contributed by atoms with van der Waals surface area (Å²) in [4.78, 5) is 12.4. The minimum Gasteiger partial charge on any atom is -0.292 e. The number of hydrazone groups is 1. The third-order valence-electron chi connectivity index (χ3n) is 4.74. The van der Waals surface area contributed by atoms with Gasteiger partial charge >= 0.3 is 0 Å². The Morgan fingerprint density at radius 2 is 2.18 bits per heavy atom. The second-order valence-electron chi connectivity index (χ2n) is 5.57. The number of thioether (sulfide) groups is 1. The number of nitrogens with zero attached hydrogens (tertiary/aromatic N) is 1. The van der Waals surface area contributed by atoms with Crippen molar-refractivity contribution in [1.82, 2.24) is 5.43 Å². The lowest BCUT2D eigenvalue weighted by Crippen LogP contribution is -2.34. The Balaban J connectivity index is 2.29. The zero-order valence-corrected chi connectivity index (χ0v) is 12.3. The van der Waals surface area contributed by atoms with Gasteiger partial charge in [-0.3, -0.25) is 10.2 Å². The van der Waals surface area contributed by atoms with Crippen molar-refractivity contribution in [2.24, 2.45) is 21.8 Å². The molecular formula is C12H18N2OS2.